The summed E-state index contributed by atoms with van der Waals surface area (Å²) in [5, 5.41) is 5.93. The molecule has 2 aromatic carbocycles. The Balaban J connectivity index is 1.72. The molecule has 0 radical (unpaired) electrons. The van der Waals surface area contributed by atoms with E-state index >= 15 is 8.78 Å². The van der Waals surface area contributed by atoms with E-state index in [0.29, 0.717) is 4.68 Å². The topological polar surface area (TPSA) is 103 Å². The molecule has 1 saturated heterocycles. The summed E-state index contributed by atoms with van der Waals surface area (Å²) >= 11 is 0. The van der Waals surface area contributed by atoms with Crippen molar-refractivity contribution in [3.8, 4) is 11.5 Å². The summed E-state index contributed by atoms with van der Waals surface area (Å²) in [5.74, 6) is -5.86. The number of hydrogen-bond donors (Lipinski definition) is 1. The molecule has 2 amide bonds. The average Bonchev–Trinajstić information content (AvgIpc) is 3.19. The first-order valence-electron chi connectivity index (χ1n) is 11.5. The number of benzene rings is 2. The molecule has 40 heavy (non-hydrogen) atoms. The van der Waals surface area contributed by atoms with Gasteiger partial charge in [0.05, 0.1) is 7.11 Å². The normalized spacial score (nSPS) is 17.0. The van der Waals surface area contributed by atoms with Crippen LogP contribution >= 0.6 is 0 Å². The Hall–Kier alpha value is -4.56. The van der Waals surface area contributed by atoms with Crippen LogP contribution in [-0.4, -0.2) is 54.3 Å². The monoisotopic (exact) mass is 570 g/mol. The van der Waals surface area contributed by atoms with E-state index in [1.54, 1.807) is 0 Å². The Bertz CT molecular complexity index is 1440. The third-order valence-electron chi connectivity index (χ3n) is 6.09. The summed E-state index contributed by atoms with van der Waals surface area (Å²) in [7, 11) is 1.18. The number of alkyl halides is 4. The molecule has 15 heteroatoms. The van der Waals surface area contributed by atoms with Crippen molar-refractivity contribution >= 4 is 17.5 Å². The highest BCUT2D eigenvalue weighted by Gasteiger charge is 2.46. The zero-order valence-corrected chi connectivity index (χ0v) is 20.5. The minimum Gasteiger partial charge on any atom is -0.497 e. The Morgan fingerprint density at radius 2 is 1.70 bits per heavy atom. The van der Waals surface area contributed by atoms with E-state index in [1.165, 1.54) is 7.11 Å². The molecule has 1 aromatic heterocycles. The third kappa shape index (κ3) is 5.87. The van der Waals surface area contributed by atoms with E-state index in [9.17, 15) is 31.9 Å². The fraction of sp³-hybridized carbons (Fsp3) is 0.280. The number of carbonyl (C=O) groups excluding carboxylic acids is 2. The Labute approximate surface area is 221 Å². The van der Waals surface area contributed by atoms with E-state index in [0.717, 1.165) is 53.6 Å². The quantitative estimate of drug-likeness (QED) is 0.396. The third-order valence-corrected chi connectivity index (χ3v) is 6.09. The number of aromatic nitrogens is 2. The molecule has 1 N–H and O–H groups in total. The van der Waals surface area contributed by atoms with E-state index in [-0.39, 0.29) is 17.1 Å². The molecule has 1 aliphatic rings. The van der Waals surface area contributed by atoms with Crippen LogP contribution in [0.3, 0.4) is 0 Å². The van der Waals surface area contributed by atoms with Crippen molar-refractivity contribution in [2.45, 2.75) is 31.5 Å². The molecule has 9 nitrogen and oxygen atoms in total. The van der Waals surface area contributed by atoms with Crippen LogP contribution in [0, 0.1) is 11.6 Å². The van der Waals surface area contributed by atoms with Crippen LogP contribution in [0.4, 0.5) is 32.0 Å². The predicted octanol–water partition coefficient (Wildman–Crippen LogP) is 3.33. The van der Waals surface area contributed by atoms with Gasteiger partial charge in [0.15, 0.2) is 0 Å². The first-order valence-corrected chi connectivity index (χ1v) is 11.5. The molecule has 2 atom stereocenters. The zero-order chi connectivity index (χ0) is 29.1. The van der Waals surface area contributed by atoms with Crippen LogP contribution in [0.1, 0.15) is 21.8 Å². The number of rotatable bonds is 9. The van der Waals surface area contributed by atoms with Gasteiger partial charge in [0.25, 0.3) is 17.9 Å². The molecule has 1 fully saturated rings. The number of nitrogens with one attached hydrogen (secondary N) is 1. The number of ether oxygens (including phenoxy) is 2. The zero-order valence-electron chi connectivity index (χ0n) is 20.5. The van der Waals surface area contributed by atoms with Crippen LogP contribution in [0.15, 0.2) is 53.5 Å². The molecule has 0 spiro atoms. The van der Waals surface area contributed by atoms with Gasteiger partial charge >= 0.3 is 6.61 Å². The van der Waals surface area contributed by atoms with Gasteiger partial charge in [-0.3, -0.25) is 14.4 Å². The van der Waals surface area contributed by atoms with Crippen LogP contribution in [0.25, 0.3) is 0 Å². The van der Waals surface area contributed by atoms with Gasteiger partial charge in [-0.1, -0.05) is 0 Å². The van der Waals surface area contributed by atoms with Gasteiger partial charge in [0.1, 0.15) is 41.4 Å². The van der Waals surface area contributed by atoms with Gasteiger partial charge in [-0.05, 0) is 30.3 Å². The van der Waals surface area contributed by atoms with Gasteiger partial charge in [-0.2, -0.15) is 13.9 Å². The van der Waals surface area contributed by atoms with Crippen molar-refractivity contribution in [2.75, 3.05) is 18.6 Å². The number of halogens is 6. The molecule has 2 heterocycles. The second kappa shape index (κ2) is 11.7. The molecule has 0 unspecified atom stereocenters. The lowest BCUT2D eigenvalue weighted by Crippen LogP contribution is -2.44. The van der Waals surface area contributed by atoms with E-state index in [2.05, 4.69) is 15.2 Å². The first kappa shape index (κ1) is 28.4. The molecule has 0 aliphatic carbocycles. The highest BCUT2D eigenvalue weighted by Crippen LogP contribution is 2.36. The molecular formula is C25H20F6N4O5. The van der Waals surface area contributed by atoms with Crippen molar-refractivity contribution in [3.63, 3.8) is 0 Å². The van der Waals surface area contributed by atoms with Crippen molar-refractivity contribution in [2.24, 2.45) is 0 Å². The number of anilines is 1. The second-order valence-corrected chi connectivity index (χ2v) is 8.51. The summed E-state index contributed by atoms with van der Waals surface area (Å²) in [5.41, 5.74) is -2.16. The maximum absolute atomic E-state index is 15.1. The molecule has 0 saturated carbocycles. The lowest BCUT2D eigenvalue weighted by atomic mass is 9.92. The Morgan fingerprint density at radius 3 is 2.27 bits per heavy atom. The second-order valence-electron chi connectivity index (χ2n) is 8.51. The van der Waals surface area contributed by atoms with Gasteiger partial charge in [-0.25, -0.2) is 22.2 Å². The average molecular weight is 570 g/mol. The van der Waals surface area contributed by atoms with Crippen molar-refractivity contribution < 1.29 is 45.4 Å². The summed E-state index contributed by atoms with van der Waals surface area (Å²) in [6.07, 6.45) is -1.93. The summed E-state index contributed by atoms with van der Waals surface area (Å²) in [6.45, 7) is -4.68. The maximum atomic E-state index is 15.1. The molecule has 3 aromatic rings. The predicted molar refractivity (Wildman–Crippen MR) is 127 cm³/mol. The summed E-state index contributed by atoms with van der Waals surface area (Å²) in [6, 6.07) is 5.59. The van der Waals surface area contributed by atoms with E-state index in [1.807, 2.05) is 0 Å². The summed E-state index contributed by atoms with van der Waals surface area (Å²) < 4.78 is 90.3. The van der Waals surface area contributed by atoms with Gasteiger partial charge in [-0.15, -0.1) is 0 Å². The minimum absolute atomic E-state index is 0.106. The number of hydrogen-bond acceptors (Lipinski definition) is 6. The van der Waals surface area contributed by atoms with Gasteiger partial charge < -0.3 is 19.7 Å². The fourth-order valence-electron chi connectivity index (χ4n) is 4.32. The summed E-state index contributed by atoms with van der Waals surface area (Å²) in [4.78, 5) is 40.1. The highest BCUT2D eigenvalue weighted by molar-refractivity contribution is 6.05. The SMILES string of the molecule is COc1cc(F)c([C@@H]2CN(c3ccnn(CC(F)F)c3=O)C(=O)[C@H]2NC(=O)c2ccc(OC(F)F)cc2)c(F)c1. The van der Waals surface area contributed by atoms with Gasteiger partial charge in [0.2, 0.25) is 5.91 Å². The van der Waals surface area contributed by atoms with E-state index < -0.39 is 78.3 Å². The smallest absolute Gasteiger partial charge is 0.387 e. The number of carbonyl (C=O) groups is 2. The first-order chi connectivity index (χ1) is 19.0. The molecular weight excluding hydrogens is 550 g/mol. The maximum Gasteiger partial charge on any atom is 0.387 e. The standard InChI is InChI=1S/C25H20F6N4O5/c1-39-14-8-16(26)20(17(27)9-14)15-10-34(18-6-7-32-35(23(18)37)11-19(28)29)24(38)21(15)33-22(36)12-2-4-13(5-3-12)40-25(30)31/h2-9,15,19,21,25H,10-11H2,1H3,(H,33,36)/t15-,21-/m0/s1. The minimum atomic E-state index is -3.10. The number of methoxy groups -OCH3 is 1. The lowest BCUT2D eigenvalue weighted by Gasteiger charge is -2.20. The van der Waals surface area contributed by atoms with Crippen LogP contribution in [0.5, 0.6) is 11.5 Å². The fourth-order valence-corrected chi connectivity index (χ4v) is 4.32. The number of nitrogens with zero attached hydrogens (tertiary/aromatic N) is 3. The molecule has 212 valence electrons. The van der Waals surface area contributed by atoms with E-state index in [4.69, 9.17) is 4.74 Å². The van der Waals surface area contributed by atoms with Crippen molar-refractivity contribution in [1.29, 1.82) is 0 Å². The molecule has 0 bridgehead atoms. The van der Waals surface area contributed by atoms with Crippen LogP contribution in [-0.2, 0) is 11.3 Å². The van der Waals surface area contributed by atoms with Crippen molar-refractivity contribution in [1.82, 2.24) is 15.1 Å². The molecule has 4 rings (SSSR count). The van der Waals surface area contributed by atoms with Gasteiger partial charge in [0, 0.05) is 41.9 Å². The van der Waals surface area contributed by atoms with Crippen molar-refractivity contribution in [3.05, 3.63) is 81.8 Å². The van der Waals surface area contributed by atoms with Crippen LogP contribution in [0.2, 0.25) is 0 Å². The number of amides is 2. The lowest BCUT2D eigenvalue weighted by molar-refractivity contribution is -0.118. The van der Waals surface area contributed by atoms with Crippen LogP contribution < -0.4 is 25.2 Å². The highest BCUT2D eigenvalue weighted by atomic mass is 19.3. The Kier molecular flexibility index (Phi) is 8.30. The Morgan fingerprint density at radius 1 is 1.05 bits per heavy atom. The molecule has 1 aliphatic heterocycles. The largest absolute Gasteiger partial charge is 0.497 e.